The van der Waals surface area contributed by atoms with Crippen LogP contribution < -0.4 is 10.5 Å². The third-order valence-electron chi connectivity index (χ3n) is 7.14. The van der Waals surface area contributed by atoms with Crippen LogP contribution in [0.4, 0.5) is 4.39 Å². The number of hydrogen-bond acceptors (Lipinski definition) is 5. The number of amides is 1. The number of carbonyl (C=O) groups is 1. The second-order valence-corrected chi connectivity index (χ2v) is 11.4. The molecule has 4 atom stereocenters. The number of carbonyl (C=O) groups excluding carboxylic acids is 1. The summed E-state index contributed by atoms with van der Waals surface area (Å²) in [5, 5.41) is 0. The van der Waals surface area contributed by atoms with Gasteiger partial charge in [-0.15, -0.1) is 0 Å². The van der Waals surface area contributed by atoms with E-state index in [0.717, 1.165) is 22.3 Å². The van der Waals surface area contributed by atoms with Crippen LogP contribution in [0.2, 0.25) is 0 Å². The van der Waals surface area contributed by atoms with Crippen molar-refractivity contribution in [2.45, 2.75) is 48.9 Å². The van der Waals surface area contributed by atoms with Gasteiger partial charge in [0.1, 0.15) is 11.9 Å². The molecule has 3 N–H and O–H groups in total. The standard InChI is InChI=1S/C28H30FN3O4S/c1-18-6-12-22(13-7-18)37(34,35)31-25-16-26(36-17-24(25)30)28(33)32-15-14-19-4-2-3-5-23(19)27(32)20-8-10-21(29)11-9-20/h2-13,24-27,31H,14-17,30H2,1H3/t24-,25-,26+,27-/m0/s1. The highest BCUT2D eigenvalue weighted by molar-refractivity contribution is 7.89. The quantitative estimate of drug-likeness (QED) is 0.535. The summed E-state index contributed by atoms with van der Waals surface area (Å²) in [6.45, 7) is 2.39. The molecule has 37 heavy (non-hydrogen) atoms. The molecule has 1 saturated heterocycles. The van der Waals surface area contributed by atoms with Crippen LogP contribution in [0.3, 0.4) is 0 Å². The van der Waals surface area contributed by atoms with Crippen LogP contribution in [-0.4, -0.2) is 50.6 Å². The maximum absolute atomic E-state index is 13.8. The van der Waals surface area contributed by atoms with Gasteiger partial charge in [-0.25, -0.2) is 17.5 Å². The van der Waals surface area contributed by atoms with Gasteiger partial charge in [0.2, 0.25) is 10.0 Å². The van der Waals surface area contributed by atoms with Gasteiger partial charge in [0.15, 0.2) is 0 Å². The molecule has 0 saturated carbocycles. The molecule has 0 aliphatic carbocycles. The molecule has 0 unspecified atom stereocenters. The number of aryl methyl sites for hydroxylation is 1. The number of nitrogens with zero attached hydrogens (tertiary/aromatic N) is 1. The summed E-state index contributed by atoms with van der Waals surface area (Å²) < 4.78 is 48.2. The first-order valence-electron chi connectivity index (χ1n) is 12.3. The second-order valence-electron chi connectivity index (χ2n) is 9.70. The molecule has 2 aliphatic heterocycles. The Bertz CT molecular complexity index is 1380. The maximum atomic E-state index is 13.8. The lowest BCUT2D eigenvalue weighted by molar-refractivity contribution is -0.150. The van der Waals surface area contributed by atoms with Crippen molar-refractivity contribution in [1.29, 1.82) is 0 Å². The molecule has 3 aromatic carbocycles. The number of hydrogen-bond donors (Lipinski definition) is 2. The Hall–Kier alpha value is -3.11. The number of rotatable bonds is 5. The number of nitrogens with two attached hydrogens (primary N) is 1. The van der Waals surface area contributed by atoms with Crippen LogP contribution in [0.5, 0.6) is 0 Å². The van der Waals surface area contributed by atoms with Crippen LogP contribution in [0.25, 0.3) is 0 Å². The van der Waals surface area contributed by atoms with E-state index in [1.807, 2.05) is 31.2 Å². The smallest absolute Gasteiger partial charge is 0.252 e. The third kappa shape index (κ3) is 5.31. The molecule has 194 valence electrons. The molecule has 9 heteroatoms. The van der Waals surface area contributed by atoms with E-state index in [0.29, 0.717) is 13.0 Å². The van der Waals surface area contributed by atoms with Gasteiger partial charge in [0, 0.05) is 25.0 Å². The SMILES string of the molecule is Cc1ccc(S(=O)(=O)N[C@H]2C[C@H](C(=O)N3CCc4ccccc4[C@@H]3c3ccc(F)cc3)OC[C@@H]2N)cc1. The number of sulfonamides is 1. The lowest BCUT2D eigenvalue weighted by Crippen LogP contribution is -2.58. The average Bonchev–Trinajstić information content (AvgIpc) is 2.89. The van der Waals surface area contributed by atoms with Crippen molar-refractivity contribution in [2.75, 3.05) is 13.2 Å². The zero-order valence-electron chi connectivity index (χ0n) is 20.5. The number of halogens is 1. The normalized spacial score (nSPS) is 23.9. The van der Waals surface area contributed by atoms with Crippen molar-refractivity contribution >= 4 is 15.9 Å². The molecule has 0 aromatic heterocycles. The Morgan fingerprint density at radius 3 is 2.49 bits per heavy atom. The third-order valence-corrected chi connectivity index (χ3v) is 8.65. The first-order valence-corrected chi connectivity index (χ1v) is 13.8. The zero-order valence-corrected chi connectivity index (χ0v) is 21.3. The monoisotopic (exact) mass is 523 g/mol. The first kappa shape index (κ1) is 25.5. The van der Waals surface area contributed by atoms with Crippen LogP contribution in [0, 0.1) is 12.7 Å². The highest BCUT2D eigenvalue weighted by Crippen LogP contribution is 2.36. The Labute approximate surface area is 216 Å². The first-order chi connectivity index (χ1) is 17.7. The summed E-state index contributed by atoms with van der Waals surface area (Å²) in [6, 6.07) is 19.0. The van der Waals surface area contributed by atoms with Gasteiger partial charge in [0.25, 0.3) is 5.91 Å². The van der Waals surface area contributed by atoms with Crippen molar-refractivity contribution in [3.05, 3.63) is 101 Å². The summed E-state index contributed by atoms with van der Waals surface area (Å²) in [5.74, 6) is -0.589. The van der Waals surface area contributed by atoms with E-state index in [2.05, 4.69) is 4.72 Å². The van der Waals surface area contributed by atoms with Gasteiger partial charge in [-0.3, -0.25) is 4.79 Å². The topological polar surface area (TPSA) is 102 Å². The predicted molar refractivity (Wildman–Crippen MR) is 138 cm³/mol. The second kappa shape index (κ2) is 10.3. The van der Waals surface area contributed by atoms with Gasteiger partial charge >= 0.3 is 0 Å². The van der Waals surface area contributed by atoms with Crippen molar-refractivity contribution in [3.8, 4) is 0 Å². The Morgan fingerprint density at radius 1 is 1.05 bits per heavy atom. The maximum Gasteiger partial charge on any atom is 0.252 e. The molecule has 3 aromatic rings. The van der Waals surface area contributed by atoms with Gasteiger partial charge in [-0.2, -0.15) is 0 Å². The molecule has 0 radical (unpaired) electrons. The molecular weight excluding hydrogens is 493 g/mol. The summed E-state index contributed by atoms with van der Waals surface area (Å²) >= 11 is 0. The van der Waals surface area contributed by atoms with E-state index in [1.54, 1.807) is 41.3 Å². The van der Waals surface area contributed by atoms with Gasteiger partial charge < -0.3 is 15.4 Å². The van der Waals surface area contributed by atoms with Crippen molar-refractivity contribution < 1.29 is 22.3 Å². The van der Waals surface area contributed by atoms with E-state index >= 15 is 0 Å². The summed E-state index contributed by atoms with van der Waals surface area (Å²) in [6.07, 6.45) is -0.0759. The van der Waals surface area contributed by atoms with E-state index in [1.165, 1.54) is 12.1 Å². The number of ether oxygens (including phenoxy) is 1. The fourth-order valence-electron chi connectivity index (χ4n) is 5.10. The summed E-state index contributed by atoms with van der Waals surface area (Å²) in [7, 11) is -3.83. The fraction of sp³-hybridized carbons (Fsp3) is 0.321. The summed E-state index contributed by atoms with van der Waals surface area (Å²) in [5.41, 5.74) is 10.1. The Balaban J connectivity index is 1.39. The lowest BCUT2D eigenvalue weighted by Gasteiger charge is -2.41. The predicted octanol–water partition coefficient (Wildman–Crippen LogP) is 3.07. The minimum atomic E-state index is -3.83. The van der Waals surface area contributed by atoms with Crippen LogP contribution in [0.15, 0.2) is 77.7 Å². The average molecular weight is 524 g/mol. The highest BCUT2D eigenvalue weighted by Gasteiger charge is 2.40. The lowest BCUT2D eigenvalue weighted by atomic mass is 9.87. The van der Waals surface area contributed by atoms with E-state index in [9.17, 15) is 17.6 Å². The van der Waals surface area contributed by atoms with Crippen LogP contribution in [-0.2, 0) is 26.0 Å². The molecule has 7 nitrogen and oxygen atoms in total. The largest absolute Gasteiger partial charge is 0.367 e. The van der Waals surface area contributed by atoms with Crippen molar-refractivity contribution in [1.82, 2.24) is 9.62 Å². The van der Waals surface area contributed by atoms with E-state index in [-0.39, 0.29) is 29.6 Å². The summed E-state index contributed by atoms with van der Waals surface area (Å²) in [4.78, 5) is 15.7. The highest BCUT2D eigenvalue weighted by atomic mass is 32.2. The molecule has 5 rings (SSSR count). The molecule has 2 aliphatic rings. The molecule has 1 amide bonds. The van der Waals surface area contributed by atoms with E-state index in [4.69, 9.17) is 10.5 Å². The zero-order chi connectivity index (χ0) is 26.2. The number of nitrogens with one attached hydrogen (secondary N) is 1. The Morgan fingerprint density at radius 2 is 1.76 bits per heavy atom. The van der Waals surface area contributed by atoms with Gasteiger partial charge in [0.05, 0.1) is 17.5 Å². The van der Waals surface area contributed by atoms with Crippen molar-refractivity contribution in [3.63, 3.8) is 0 Å². The Kier molecular flexibility index (Phi) is 7.13. The van der Waals surface area contributed by atoms with E-state index < -0.39 is 34.3 Å². The van der Waals surface area contributed by atoms with Crippen molar-refractivity contribution in [2.24, 2.45) is 5.73 Å². The molecule has 2 heterocycles. The number of fused-ring (bicyclic) bond motifs is 1. The fourth-order valence-corrected chi connectivity index (χ4v) is 6.40. The van der Waals surface area contributed by atoms with Gasteiger partial charge in [-0.1, -0.05) is 54.1 Å². The molecule has 0 spiro atoms. The molecule has 1 fully saturated rings. The van der Waals surface area contributed by atoms with Crippen LogP contribution in [0.1, 0.15) is 34.7 Å². The minimum Gasteiger partial charge on any atom is -0.367 e. The molecule has 0 bridgehead atoms. The van der Waals surface area contributed by atoms with Gasteiger partial charge in [-0.05, 0) is 54.3 Å². The number of benzene rings is 3. The minimum absolute atomic E-state index is 0.0448. The molecular formula is C28H30FN3O4S. The van der Waals surface area contributed by atoms with Crippen LogP contribution >= 0.6 is 0 Å².